The van der Waals surface area contributed by atoms with E-state index in [0.717, 1.165) is 49.7 Å². The summed E-state index contributed by atoms with van der Waals surface area (Å²) in [6.45, 7) is 5.79. The molecular weight excluding hydrogens is 360 g/mol. The Morgan fingerprint density at radius 3 is 2.54 bits per heavy atom. The first kappa shape index (κ1) is 20.3. The fourth-order valence-corrected chi connectivity index (χ4v) is 3.13. The smallest absolute Gasteiger partial charge is 0.234 e. The molecule has 1 saturated heterocycles. The number of aromatic nitrogens is 1. The number of hydrogen-bond acceptors (Lipinski definition) is 7. The van der Waals surface area contributed by atoms with E-state index in [4.69, 9.17) is 13.9 Å². The summed E-state index contributed by atoms with van der Waals surface area (Å²) < 4.78 is 15.7. The topological polar surface area (TPSA) is 80.1 Å². The third-order valence-corrected chi connectivity index (χ3v) is 4.73. The maximum Gasteiger partial charge on any atom is 0.234 e. The first-order chi connectivity index (χ1) is 13.7. The number of nitrogens with one attached hydrogen (secondary N) is 1. The van der Waals surface area contributed by atoms with E-state index in [9.17, 15) is 4.79 Å². The van der Waals surface area contributed by atoms with E-state index in [-0.39, 0.29) is 5.91 Å². The summed E-state index contributed by atoms with van der Waals surface area (Å²) >= 11 is 0. The van der Waals surface area contributed by atoms with E-state index in [1.54, 1.807) is 20.5 Å². The SMILES string of the molecule is COCCNC(=O)CN1CCN(Cc2coc(-c3ccc(OC)cc3)n2)CC1. The molecule has 8 heteroatoms. The zero-order chi connectivity index (χ0) is 19.8. The number of ether oxygens (including phenoxy) is 2. The third kappa shape index (κ3) is 5.79. The maximum absolute atomic E-state index is 11.9. The molecule has 28 heavy (non-hydrogen) atoms. The molecule has 0 unspecified atom stereocenters. The van der Waals surface area contributed by atoms with Crippen molar-refractivity contribution in [1.82, 2.24) is 20.1 Å². The molecule has 2 aromatic rings. The third-order valence-electron chi connectivity index (χ3n) is 4.73. The second-order valence-electron chi connectivity index (χ2n) is 6.77. The van der Waals surface area contributed by atoms with Gasteiger partial charge in [-0.05, 0) is 24.3 Å². The molecule has 2 heterocycles. The Labute approximate surface area is 165 Å². The molecule has 8 nitrogen and oxygen atoms in total. The standard InChI is InChI=1S/C20H28N4O4/c1-26-12-7-21-19(25)14-24-10-8-23(9-11-24)13-17-15-28-20(22-17)16-3-5-18(27-2)6-4-16/h3-6,15H,7-14H2,1-2H3,(H,21,25). The van der Waals surface area contributed by atoms with Crippen molar-refractivity contribution in [3.63, 3.8) is 0 Å². The van der Waals surface area contributed by atoms with E-state index in [1.807, 2.05) is 24.3 Å². The molecule has 1 aliphatic heterocycles. The van der Waals surface area contributed by atoms with Crippen molar-refractivity contribution in [1.29, 1.82) is 0 Å². The molecule has 0 atom stereocenters. The van der Waals surface area contributed by atoms with Gasteiger partial charge in [-0.1, -0.05) is 0 Å². The number of amides is 1. The predicted octanol–water partition coefficient (Wildman–Crippen LogP) is 1.23. The Kier molecular flexibility index (Phi) is 7.41. The van der Waals surface area contributed by atoms with Crippen LogP contribution >= 0.6 is 0 Å². The zero-order valence-corrected chi connectivity index (χ0v) is 16.5. The number of carbonyl (C=O) groups is 1. The molecule has 1 aliphatic rings. The fraction of sp³-hybridized carbons (Fsp3) is 0.500. The number of piperazine rings is 1. The van der Waals surface area contributed by atoms with Gasteiger partial charge in [-0.25, -0.2) is 4.98 Å². The largest absolute Gasteiger partial charge is 0.497 e. The molecule has 1 fully saturated rings. The summed E-state index contributed by atoms with van der Waals surface area (Å²) in [5, 5.41) is 2.86. The maximum atomic E-state index is 11.9. The molecule has 152 valence electrons. The summed E-state index contributed by atoms with van der Waals surface area (Å²) in [6, 6.07) is 7.66. The van der Waals surface area contributed by atoms with E-state index in [2.05, 4.69) is 20.1 Å². The molecule has 0 bridgehead atoms. The Balaban J connectivity index is 1.43. The molecule has 0 radical (unpaired) electrons. The minimum absolute atomic E-state index is 0.0473. The average Bonchev–Trinajstić information content (AvgIpc) is 3.18. The number of oxazole rings is 1. The predicted molar refractivity (Wildman–Crippen MR) is 105 cm³/mol. The van der Waals surface area contributed by atoms with Crippen LogP contribution < -0.4 is 10.1 Å². The molecule has 0 saturated carbocycles. The Morgan fingerprint density at radius 2 is 1.86 bits per heavy atom. The van der Waals surface area contributed by atoms with Gasteiger partial charge in [-0.15, -0.1) is 0 Å². The van der Waals surface area contributed by atoms with Crippen molar-refractivity contribution in [3.05, 3.63) is 36.2 Å². The lowest BCUT2D eigenvalue weighted by Gasteiger charge is -2.33. The monoisotopic (exact) mass is 388 g/mol. The fourth-order valence-electron chi connectivity index (χ4n) is 3.13. The molecule has 0 aliphatic carbocycles. The van der Waals surface area contributed by atoms with Crippen LogP contribution in [0.1, 0.15) is 5.69 Å². The van der Waals surface area contributed by atoms with Gasteiger partial charge in [0.2, 0.25) is 11.8 Å². The van der Waals surface area contributed by atoms with E-state index < -0.39 is 0 Å². The highest BCUT2D eigenvalue weighted by molar-refractivity contribution is 5.78. The molecular formula is C20H28N4O4. The second kappa shape index (κ2) is 10.2. The summed E-state index contributed by atoms with van der Waals surface area (Å²) in [4.78, 5) is 21.0. The molecule has 1 N–H and O–H groups in total. The lowest BCUT2D eigenvalue weighted by Crippen LogP contribution is -2.49. The Morgan fingerprint density at radius 1 is 1.14 bits per heavy atom. The molecule has 1 aromatic heterocycles. The normalized spacial score (nSPS) is 15.5. The number of hydrogen-bond donors (Lipinski definition) is 1. The van der Waals surface area contributed by atoms with Gasteiger partial charge in [-0.2, -0.15) is 0 Å². The van der Waals surface area contributed by atoms with Crippen LogP contribution in [-0.4, -0.2) is 80.8 Å². The summed E-state index contributed by atoms with van der Waals surface area (Å²) in [7, 11) is 3.27. The van der Waals surface area contributed by atoms with Gasteiger partial charge >= 0.3 is 0 Å². The molecule has 1 aromatic carbocycles. The van der Waals surface area contributed by atoms with Gasteiger partial charge in [0, 0.05) is 51.9 Å². The Bertz CT molecular complexity index is 739. The first-order valence-electron chi connectivity index (χ1n) is 9.47. The van der Waals surface area contributed by atoms with Crippen LogP contribution in [0.2, 0.25) is 0 Å². The van der Waals surface area contributed by atoms with Gasteiger partial charge in [0.1, 0.15) is 12.0 Å². The van der Waals surface area contributed by atoms with Crippen molar-refractivity contribution in [2.75, 3.05) is 60.1 Å². The van der Waals surface area contributed by atoms with Crippen LogP contribution in [-0.2, 0) is 16.1 Å². The van der Waals surface area contributed by atoms with Crippen LogP contribution in [0, 0.1) is 0 Å². The van der Waals surface area contributed by atoms with Crippen molar-refractivity contribution >= 4 is 5.91 Å². The van der Waals surface area contributed by atoms with Crippen molar-refractivity contribution < 1.29 is 18.7 Å². The van der Waals surface area contributed by atoms with Crippen LogP contribution in [0.25, 0.3) is 11.5 Å². The number of methoxy groups -OCH3 is 2. The highest BCUT2D eigenvalue weighted by Crippen LogP contribution is 2.22. The summed E-state index contributed by atoms with van der Waals surface area (Å²) in [6.07, 6.45) is 1.72. The lowest BCUT2D eigenvalue weighted by atomic mass is 10.2. The van der Waals surface area contributed by atoms with Gasteiger partial charge in [0.15, 0.2) is 0 Å². The minimum atomic E-state index is 0.0473. The highest BCUT2D eigenvalue weighted by Gasteiger charge is 2.20. The van der Waals surface area contributed by atoms with E-state index in [1.165, 1.54) is 0 Å². The zero-order valence-electron chi connectivity index (χ0n) is 16.5. The quantitative estimate of drug-likeness (QED) is 0.647. The van der Waals surface area contributed by atoms with Gasteiger partial charge < -0.3 is 19.2 Å². The summed E-state index contributed by atoms with van der Waals surface area (Å²) in [5.74, 6) is 1.47. The first-order valence-corrected chi connectivity index (χ1v) is 9.47. The van der Waals surface area contributed by atoms with Crippen LogP contribution in [0.5, 0.6) is 5.75 Å². The number of rotatable bonds is 9. The van der Waals surface area contributed by atoms with Gasteiger partial charge in [0.05, 0.1) is 26.0 Å². The van der Waals surface area contributed by atoms with Crippen molar-refractivity contribution in [2.45, 2.75) is 6.54 Å². The second-order valence-corrected chi connectivity index (χ2v) is 6.77. The van der Waals surface area contributed by atoms with Crippen LogP contribution in [0.3, 0.4) is 0 Å². The van der Waals surface area contributed by atoms with Crippen molar-refractivity contribution in [2.24, 2.45) is 0 Å². The van der Waals surface area contributed by atoms with Gasteiger partial charge in [-0.3, -0.25) is 14.6 Å². The van der Waals surface area contributed by atoms with Crippen LogP contribution in [0.4, 0.5) is 0 Å². The van der Waals surface area contributed by atoms with Gasteiger partial charge in [0.25, 0.3) is 0 Å². The van der Waals surface area contributed by atoms with E-state index >= 15 is 0 Å². The molecule has 0 spiro atoms. The average molecular weight is 388 g/mol. The Hall–Kier alpha value is -2.42. The lowest BCUT2D eigenvalue weighted by molar-refractivity contribution is -0.122. The molecule has 1 amide bonds. The highest BCUT2D eigenvalue weighted by atomic mass is 16.5. The number of nitrogens with zero attached hydrogens (tertiary/aromatic N) is 3. The van der Waals surface area contributed by atoms with Crippen molar-refractivity contribution in [3.8, 4) is 17.2 Å². The van der Waals surface area contributed by atoms with E-state index in [0.29, 0.717) is 25.6 Å². The minimum Gasteiger partial charge on any atom is -0.497 e. The number of benzene rings is 1. The number of carbonyl (C=O) groups excluding carboxylic acids is 1. The molecule has 3 rings (SSSR count). The summed E-state index contributed by atoms with van der Waals surface area (Å²) in [5.41, 5.74) is 1.84. The van der Waals surface area contributed by atoms with Crippen LogP contribution in [0.15, 0.2) is 34.9 Å².